The fourth-order valence-electron chi connectivity index (χ4n) is 1.48. The lowest BCUT2D eigenvalue weighted by molar-refractivity contribution is -0.142. The first-order valence-corrected chi connectivity index (χ1v) is 6.26. The Morgan fingerprint density at radius 1 is 1.50 bits per heavy atom. The average molecular weight is 305 g/mol. The van der Waals surface area contributed by atoms with Gasteiger partial charge in [0, 0.05) is 0 Å². The maximum atomic E-state index is 12.5. The zero-order valence-electron chi connectivity index (χ0n) is 10.3. The van der Waals surface area contributed by atoms with Gasteiger partial charge in [-0.25, -0.2) is 0 Å². The Hall–Kier alpha value is -1.88. The van der Waals surface area contributed by atoms with Gasteiger partial charge < -0.3 is 9.84 Å². The molecule has 0 spiro atoms. The van der Waals surface area contributed by atoms with Crippen molar-refractivity contribution in [3.63, 3.8) is 0 Å². The molecule has 1 aromatic carbocycles. The van der Waals surface area contributed by atoms with Gasteiger partial charge in [0.15, 0.2) is 0 Å². The van der Waals surface area contributed by atoms with Crippen LogP contribution in [-0.4, -0.2) is 23.2 Å². The summed E-state index contributed by atoms with van der Waals surface area (Å²) in [6, 6.07) is 3.84. The van der Waals surface area contributed by atoms with E-state index in [9.17, 15) is 23.1 Å². The molecule has 0 aliphatic carbocycles. The summed E-state index contributed by atoms with van der Waals surface area (Å²) >= 11 is -0.565. The van der Waals surface area contributed by atoms with Crippen LogP contribution in [0.3, 0.4) is 0 Å². The van der Waals surface area contributed by atoms with E-state index in [1.165, 1.54) is 0 Å². The van der Waals surface area contributed by atoms with Crippen LogP contribution in [0, 0.1) is 11.3 Å². The lowest BCUT2D eigenvalue weighted by Crippen LogP contribution is -2.11. The van der Waals surface area contributed by atoms with Gasteiger partial charge in [-0.2, -0.15) is 18.4 Å². The molecule has 0 fully saturated rings. The number of hydrogen-bond donors (Lipinski definition) is 1. The largest absolute Gasteiger partial charge is 0.507 e. The van der Waals surface area contributed by atoms with Crippen LogP contribution in [0.4, 0.5) is 13.2 Å². The Bertz CT molecular complexity index is 552. The fraction of sp³-hybridized carbons (Fsp3) is 0.333. The molecular formula is C12H10F3NO3S. The molecule has 0 amide bonds. The maximum absolute atomic E-state index is 12.5. The predicted molar refractivity (Wildman–Crippen MR) is 65.1 cm³/mol. The maximum Gasteiger partial charge on any atom is 0.446 e. The fourth-order valence-corrected chi connectivity index (χ4v) is 2.19. The number of carbonyl (C=O) groups is 1. The highest BCUT2D eigenvalue weighted by atomic mass is 32.2. The Kier molecular flexibility index (Phi) is 5.27. The second kappa shape index (κ2) is 6.52. The molecule has 0 bridgehead atoms. The van der Waals surface area contributed by atoms with Gasteiger partial charge in [0.1, 0.15) is 5.75 Å². The van der Waals surface area contributed by atoms with Crippen molar-refractivity contribution >= 4 is 17.7 Å². The lowest BCUT2D eigenvalue weighted by atomic mass is 10.0. The summed E-state index contributed by atoms with van der Waals surface area (Å²) in [5.41, 5.74) is -4.94. The number of thioether (sulfide) groups is 1. The van der Waals surface area contributed by atoms with E-state index < -0.39 is 40.3 Å². The summed E-state index contributed by atoms with van der Waals surface area (Å²) in [6.07, 6.45) is -0.510. The van der Waals surface area contributed by atoms with E-state index in [0.717, 1.165) is 12.1 Å². The van der Waals surface area contributed by atoms with Crippen LogP contribution in [0.1, 0.15) is 18.1 Å². The Labute approximate surface area is 117 Å². The molecule has 8 heteroatoms. The van der Waals surface area contributed by atoms with Crippen LogP contribution in [0.2, 0.25) is 0 Å². The van der Waals surface area contributed by atoms with Crippen LogP contribution in [0.15, 0.2) is 17.0 Å². The summed E-state index contributed by atoms with van der Waals surface area (Å²) in [4.78, 5) is 10.9. The highest BCUT2D eigenvalue weighted by molar-refractivity contribution is 8.00. The first-order valence-electron chi connectivity index (χ1n) is 5.44. The standard InChI is InChI=1S/C12H10F3NO3S/c1-2-19-10(18)5-8-7(6-16)3-4-9(17)11(8)20-12(13,14)15/h3-4,17H,2,5H2,1H3. The molecule has 20 heavy (non-hydrogen) atoms. The molecule has 0 saturated heterocycles. The highest BCUT2D eigenvalue weighted by Crippen LogP contribution is 2.44. The number of rotatable bonds is 4. The number of nitrogens with zero attached hydrogens (tertiary/aromatic N) is 1. The molecule has 1 N–H and O–H groups in total. The average Bonchev–Trinajstić information content (AvgIpc) is 2.33. The van der Waals surface area contributed by atoms with Crippen LogP contribution < -0.4 is 0 Å². The van der Waals surface area contributed by atoms with Gasteiger partial charge in [-0.3, -0.25) is 4.79 Å². The Morgan fingerprint density at radius 3 is 2.65 bits per heavy atom. The van der Waals surface area contributed by atoms with E-state index >= 15 is 0 Å². The summed E-state index contributed by atoms with van der Waals surface area (Å²) in [5, 5.41) is 18.4. The zero-order chi connectivity index (χ0) is 15.3. The van der Waals surface area contributed by atoms with Gasteiger partial charge >= 0.3 is 11.5 Å². The molecule has 0 radical (unpaired) electrons. The predicted octanol–water partition coefficient (Wildman–Crippen LogP) is 2.98. The van der Waals surface area contributed by atoms with E-state index in [2.05, 4.69) is 4.74 Å². The molecule has 0 aromatic heterocycles. The molecular weight excluding hydrogens is 295 g/mol. The Morgan fingerprint density at radius 2 is 2.15 bits per heavy atom. The van der Waals surface area contributed by atoms with Gasteiger partial charge in [-0.1, -0.05) is 0 Å². The van der Waals surface area contributed by atoms with Crippen molar-refractivity contribution in [2.45, 2.75) is 23.7 Å². The van der Waals surface area contributed by atoms with Gasteiger partial charge in [0.2, 0.25) is 0 Å². The van der Waals surface area contributed by atoms with Gasteiger partial charge in [-0.05, 0) is 36.4 Å². The third-order valence-corrected chi connectivity index (χ3v) is 3.10. The molecule has 1 rings (SSSR count). The number of aromatic hydroxyl groups is 1. The minimum atomic E-state index is -4.64. The van der Waals surface area contributed by atoms with Crippen molar-refractivity contribution in [1.82, 2.24) is 0 Å². The third-order valence-electron chi connectivity index (χ3n) is 2.20. The highest BCUT2D eigenvalue weighted by Gasteiger charge is 2.33. The first kappa shape index (κ1) is 16.2. The lowest BCUT2D eigenvalue weighted by Gasteiger charge is -2.13. The summed E-state index contributed by atoms with van der Waals surface area (Å²) in [7, 11) is 0. The number of alkyl halides is 3. The molecule has 1 aromatic rings. The summed E-state index contributed by atoms with van der Waals surface area (Å²) in [6.45, 7) is 1.62. The number of hydrogen-bond acceptors (Lipinski definition) is 5. The van der Waals surface area contributed by atoms with E-state index in [-0.39, 0.29) is 17.7 Å². The normalized spacial score (nSPS) is 10.9. The van der Waals surface area contributed by atoms with E-state index in [1.807, 2.05) is 0 Å². The number of carbonyl (C=O) groups excluding carboxylic acids is 1. The SMILES string of the molecule is CCOC(=O)Cc1c(C#N)ccc(O)c1SC(F)(F)F. The summed E-state index contributed by atoms with van der Waals surface area (Å²) in [5.74, 6) is -1.40. The smallest absolute Gasteiger partial charge is 0.446 e. The number of ether oxygens (including phenoxy) is 1. The second-order valence-electron chi connectivity index (χ2n) is 3.58. The van der Waals surface area contributed by atoms with Gasteiger partial charge in [-0.15, -0.1) is 0 Å². The number of phenolic OH excluding ortho intramolecular Hbond substituents is 1. The van der Waals surface area contributed by atoms with Crippen molar-refractivity contribution in [2.75, 3.05) is 6.61 Å². The van der Waals surface area contributed by atoms with Crippen molar-refractivity contribution in [3.05, 3.63) is 23.3 Å². The van der Waals surface area contributed by atoms with Crippen LogP contribution in [0.25, 0.3) is 0 Å². The third kappa shape index (κ3) is 4.35. The molecule has 0 saturated carbocycles. The zero-order valence-corrected chi connectivity index (χ0v) is 11.1. The van der Waals surface area contributed by atoms with E-state index in [0.29, 0.717) is 0 Å². The molecule has 0 unspecified atom stereocenters. The topological polar surface area (TPSA) is 70.3 Å². The summed E-state index contributed by atoms with van der Waals surface area (Å²) < 4.78 is 42.1. The first-order chi connectivity index (χ1) is 9.28. The van der Waals surface area contributed by atoms with E-state index in [4.69, 9.17) is 5.26 Å². The molecule has 108 valence electrons. The van der Waals surface area contributed by atoms with Crippen molar-refractivity contribution in [3.8, 4) is 11.8 Å². The Balaban J connectivity index is 3.26. The number of esters is 1. The quantitative estimate of drug-likeness (QED) is 0.684. The van der Waals surface area contributed by atoms with Crippen molar-refractivity contribution < 1.29 is 27.8 Å². The van der Waals surface area contributed by atoms with Crippen molar-refractivity contribution in [2.24, 2.45) is 0 Å². The van der Waals surface area contributed by atoms with Gasteiger partial charge in [0.25, 0.3) is 0 Å². The second-order valence-corrected chi connectivity index (χ2v) is 4.66. The van der Waals surface area contributed by atoms with E-state index in [1.54, 1.807) is 13.0 Å². The number of halogens is 3. The molecule has 0 heterocycles. The molecule has 0 atom stereocenters. The van der Waals surface area contributed by atoms with Crippen LogP contribution in [0.5, 0.6) is 5.75 Å². The number of nitriles is 1. The van der Waals surface area contributed by atoms with Crippen molar-refractivity contribution in [1.29, 1.82) is 5.26 Å². The van der Waals surface area contributed by atoms with Crippen LogP contribution in [-0.2, 0) is 16.0 Å². The molecule has 0 aliphatic heterocycles. The van der Waals surface area contributed by atoms with Crippen LogP contribution >= 0.6 is 11.8 Å². The molecule has 0 aliphatic rings. The number of phenols is 1. The minimum absolute atomic E-state index is 0.0707. The molecule has 4 nitrogen and oxygen atoms in total. The number of benzene rings is 1. The minimum Gasteiger partial charge on any atom is -0.507 e. The van der Waals surface area contributed by atoms with Gasteiger partial charge in [0.05, 0.1) is 29.6 Å². The monoisotopic (exact) mass is 305 g/mol.